The maximum Gasteiger partial charge on any atom is 0.490 e. The van der Waals surface area contributed by atoms with Crippen LogP contribution in [0.5, 0.6) is 5.75 Å². The number of aromatic hydroxyl groups is 1. The number of halogens is 3. The predicted octanol–water partition coefficient (Wildman–Crippen LogP) is 1.49. The molecule has 0 spiro atoms. The monoisotopic (exact) mass is 384 g/mol. The predicted molar refractivity (Wildman–Crippen MR) is 82.4 cm³/mol. The van der Waals surface area contributed by atoms with Crippen LogP contribution in [0, 0.1) is 0 Å². The lowest BCUT2D eigenvalue weighted by atomic mass is 10.3. The number of benzene rings is 1. The van der Waals surface area contributed by atoms with Gasteiger partial charge in [0.1, 0.15) is 11.8 Å². The second-order valence-electron chi connectivity index (χ2n) is 4.42. The van der Waals surface area contributed by atoms with E-state index in [-0.39, 0.29) is 17.4 Å². The van der Waals surface area contributed by atoms with Crippen LogP contribution in [0.1, 0.15) is 6.92 Å². The third kappa shape index (κ3) is 9.42. The van der Waals surface area contributed by atoms with Crippen molar-refractivity contribution >= 4 is 35.3 Å². The van der Waals surface area contributed by atoms with Crippen LogP contribution in [0.2, 0.25) is 0 Å². The Morgan fingerprint density at radius 2 is 1.80 bits per heavy atom. The van der Waals surface area contributed by atoms with Crippen molar-refractivity contribution < 1.29 is 42.9 Å². The van der Waals surface area contributed by atoms with Crippen molar-refractivity contribution in [2.45, 2.75) is 24.0 Å². The Hall–Kier alpha value is -2.47. The number of anilines is 1. The van der Waals surface area contributed by atoms with Crippen molar-refractivity contribution in [2.24, 2.45) is 5.73 Å². The van der Waals surface area contributed by atoms with Crippen molar-refractivity contribution in [3.8, 4) is 5.75 Å². The molecular weight excluding hydrogens is 369 g/mol. The number of aliphatic carboxylic acids is 2. The van der Waals surface area contributed by atoms with Crippen LogP contribution in [0.15, 0.2) is 23.1 Å². The van der Waals surface area contributed by atoms with Gasteiger partial charge in [-0.2, -0.15) is 13.2 Å². The van der Waals surface area contributed by atoms with Crippen molar-refractivity contribution in [3.63, 3.8) is 0 Å². The SMILES string of the molecule is CC(=O)Nc1ccc(O)c(SC[C@@H](N)C(=O)O)c1.O=C(O)C(F)(F)F. The first-order chi connectivity index (χ1) is 11.3. The Kier molecular flexibility index (Phi) is 8.77. The van der Waals surface area contributed by atoms with Gasteiger partial charge < -0.3 is 26.4 Å². The number of carboxylic acid groups (broad SMARTS) is 2. The number of nitrogens with one attached hydrogen (secondary N) is 1. The Balaban J connectivity index is 0.000000697. The molecule has 1 rings (SSSR count). The van der Waals surface area contributed by atoms with Crippen molar-refractivity contribution in [1.29, 1.82) is 0 Å². The summed E-state index contributed by atoms with van der Waals surface area (Å²) in [7, 11) is 0. The number of alkyl halides is 3. The Labute approximate surface area is 143 Å². The Morgan fingerprint density at radius 3 is 2.20 bits per heavy atom. The van der Waals surface area contributed by atoms with Gasteiger partial charge in [0.05, 0.1) is 4.90 Å². The standard InChI is InChI=1S/C11H14N2O4S.C2HF3O2/c1-6(14)13-7-2-3-9(15)10(4-7)18-5-8(12)11(16)17;3-2(4,5)1(6)7/h2-4,8,15H,5,12H2,1H3,(H,13,14)(H,16,17);(H,6,7)/t8-;/m1./s1. The van der Waals surface area contributed by atoms with E-state index in [0.29, 0.717) is 10.6 Å². The first-order valence-corrected chi connectivity index (χ1v) is 7.35. The zero-order valence-electron chi connectivity index (χ0n) is 12.7. The zero-order valence-corrected chi connectivity index (χ0v) is 13.5. The molecule has 1 atom stereocenters. The van der Waals surface area contributed by atoms with Gasteiger partial charge in [-0.3, -0.25) is 9.59 Å². The molecule has 0 saturated heterocycles. The van der Waals surface area contributed by atoms with E-state index in [0.717, 1.165) is 11.8 Å². The van der Waals surface area contributed by atoms with Gasteiger partial charge in [0, 0.05) is 18.4 Å². The van der Waals surface area contributed by atoms with E-state index < -0.39 is 24.2 Å². The first kappa shape index (κ1) is 22.5. The minimum absolute atomic E-state index is 0.0201. The van der Waals surface area contributed by atoms with Gasteiger partial charge in [0.2, 0.25) is 5.91 Å². The highest BCUT2D eigenvalue weighted by Crippen LogP contribution is 2.31. The molecule has 25 heavy (non-hydrogen) atoms. The second-order valence-corrected chi connectivity index (χ2v) is 5.48. The number of carboxylic acids is 2. The summed E-state index contributed by atoms with van der Waals surface area (Å²) in [6.45, 7) is 1.38. The maximum atomic E-state index is 10.9. The number of nitrogens with two attached hydrogens (primary N) is 1. The lowest BCUT2D eigenvalue weighted by Crippen LogP contribution is -2.32. The summed E-state index contributed by atoms with van der Waals surface area (Å²) in [5.41, 5.74) is 5.90. The molecule has 8 nitrogen and oxygen atoms in total. The summed E-state index contributed by atoms with van der Waals surface area (Å²) in [6.07, 6.45) is -5.08. The first-order valence-electron chi connectivity index (χ1n) is 6.36. The lowest BCUT2D eigenvalue weighted by molar-refractivity contribution is -0.192. The van der Waals surface area contributed by atoms with Gasteiger partial charge in [-0.1, -0.05) is 0 Å². The maximum absolute atomic E-state index is 10.9. The summed E-state index contributed by atoms with van der Waals surface area (Å²) in [5.74, 6) is -3.93. The van der Waals surface area contributed by atoms with E-state index in [1.165, 1.54) is 13.0 Å². The number of thioether (sulfide) groups is 1. The minimum atomic E-state index is -5.08. The molecule has 0 aliphatic carbocycles. The molecule has 0 unspecified atom stereocenters. The molecular formula is C13H15F3N2O6S. The molecule has 0 aliphatic rings. The average molecular weight is 384 g/mol. The van der Waals surface area contributed by atoms with Crippen LogP contribution < -0.4 is 11.1 Å². The molecule has 0 bridgehead atoms. The normalized spacial score (nSPS) is 11.7. The highest BCUT2D eigenvalue weighted by molar-refractivity contribution is 7.99. The molecule has 6 N–H and O–H groups in total. The van der Waals surface area contributed by atoms with Crippen LogP contribution in [-0.2, 0) is 14.4 Å². The number of amides is 1. The second kappa shape index (κ2) is 9.74. The van der Waals surface area contributed by atoms with E-state index in [2.05, 4.69) is 5.32 Å². The number of hydrogen-bond donors (Lipinski definition) is 5. The quantitative estimate of drug-likeness (QED) is 0.378. The number of rotatable bonds is 5. The molecule has 1 aromatic rings. The molecule has 0 heterocycles. The number of phenols is 1. The van der Waals surface area contributed by atoms with Gasteiger partial charge in [-0.25, -0.2) is 4.79 Å². The summed E-state index contributed by atoms with van der Waals surface area (Å²) in [4.78, 5) is 30.8. The lowest BCUT2D eigenvalue weighted by Gasteiger charge is -2.09. The van der Waals surface area contributed by atoms with E-state index in [4.69, 9.17) is 20.7 Å². The molecule has 0 saturated carbocycles. The molecule has 140 valence electrons. The summed E-state index contributed by atoms with van der Waals surface area (Å²) < 4.78 is 31.7. The van der Waals surface area contributed by atoms with Crippen LogP contribution in [0.3, 0.4) is 0 Å². The van der Waals surface area contributed by atoms with Gasteiger partial charge in [-0.15, -0.1) is 11.8 Å². The van der Waals surface area contributed by atoms with E-state index in [9.17, 15) is 27.9 Å². The van der Waals surface area contributed by atoms with Crippen molar-refractivity contribution in [2.75, 3.05) is 11.1 Å². The molecule has 12 heteroatoms. The Morgan fingerprint density at radius 1 is 1.28 bits per heavy atom. The van der Waals surface area contributed by atoms with Gasteiger partial charge in [-0.05, 0) is 18.2 Å². The molecule has 0 aromatic heterocycles. The summed E-state index contributed by atoms with van der Waals surface area (Å²) in [5, 5.41) is 27.9. The molecule has 0 radical (unpaired) electrons. The minimum Gasteiger partial charge on any atom is -0.507 e. The fourth-order valence-electron chi connectivity index (χ4n) is 1.16. The topological polar surface area (TPSA) is 150 Å². The number of hydrogen-bond acceptors (Lipinski definition) is 6. The average Bonchev–Trinajstić information content (AvgIpc) is 2.46. The van der Waals surface area contributed by atoms with Gasteiger partial charge in [0.25, 0.3) is 0 Å². The van der Waals surface area contributed by atoms with E-state index >= 15 is 0 Å². The number of carbonyl (C=O) groups excluding carboxylic acids is 1. The third-order valence-corrected chi connectivity index (χ3v) is 3.42. The highest BCUT2D eigenvalue weighted by atomic mass is 32.2. The van der Waals surface area contributed by atoms with Crippen LogP contribution in [0.4, 0.5) is 18.9 Å². The molecule has 1 amide bonds. The van der Waals surface area contributed by atoms with Gasteiger partial charge in [0.15, 0.2) is 0 Å². The van der Waals surface area contributed by atoms with Crippen molar-refractivity contribution in [3.05, 3.63) is 18.2 Å². The summed E-state index contributed by atoms with van der Waals surface area (Å²) in [6, 6.07) is 3.55. The fraction of sp³-hybridized carbons (Fsp3) is 0.308. The molecule has 1 aromatic carbocycles. The summed E-state index contributed by atoms with van der Waals surface area (Å²) >= 11 is 1.12. The fourth-order valence-corrected chi connectivity index (χ4v) is 2.09. The third-order valence-electron chi connectivity index (χ3n) is 2.26. The Bertz CT molecular complexity index is 639. The molecule has 0 aliphatic heterocycles. The number of carbonyl (C=O) groups is 3. The number of phenolic OH excluding ortho intramolecular Hbond substituents is 1. The van der Waals surface area contributed by atoms with E-state index in [1.54, 1.807) is 12.1 Å². The van der Waals surface area contributed by atoms with Gasteiger partial charge >= 0.3 is 18.1 Å². The zero-order chi connectivity index (χ0) is 19.8. The molecule has 0 fully saturated rings. The largest absolute Gasteiger partial charge is 0.507 e. The highest BCUT2D eigenvalue weighted by Gasteiger charge is 2.38. The van der Waals surface area contributed by atoms with Crippen LogP contribution in [-0.4, -0.2) is 51.1 Å². The van der Waals surface area contributed by atoms with Crippen LogP contribution >= 0.6 is 11.8 Å². The smallest absolute Gasteiger partial charge is 0.490 e. The van der Waals surface area contributed by atoms with E-state index in [1.807, 2.05) is 0 Å². The van der Waals surface area contributed by atoms with Crippen molar-refractivity contribution in [1.82, 2.24) is 0 Å². The van der Waals surface area contributed by atoms with Crippen LogP contribution in [0.25, 0.3) is 0 Å².